The van der Waals surface area contributed by atoms with E-state index < -0.39 is 6.10 Å². The SMILES string of the molecule is COC(=O)CCC/C=C\C[C@H]1[C@H](/C=C/[C@H](O)COc2ccc(F)cc2)[C@@H]2C[C@@]1(c1ccccc1)CO2. The second-order valence-electron chi connectivity index (χ2n) is 9.65. The van der Waals surface area contributed by atoms with E-state index >= 15 is 0 Å². The highest BCUT2D eigenvalue weighted by Crippen LogP contribution is 2.57. The van der Waals surface area contributed by atoms with Crippen molar-refractivity contribution in [2.45, 2.75) is 49.7 Å². The molecule has 2 aromatic rings. The first-order valence-electron chi connectivity index (χ1n) is 12.7. The number of fused-ring (bicyclic) bond motifs is 2. The zero-order valence-electron chi connectivity index (χ0n) is 20.7. The molecule has 2 fully saturated rings. The van der Waals surface area contributed by atoms with Crippen LogP contribution in [-0.2, 0) is 19.7 Å². The standard InChI is InChI=1S/C30H35FO5/c1-34-29(33)12-8-3-2-7-11-27-26(18-15-24(32)20-35-25-16-13-23(31)14-17-25)28-19-30(27,21-36-28)22-9-5-4-6-10-22/h2,4-7,9-10,13-18,24,26-28,32H,3,8,11-12,19-21H2,1H3/b7-2-,18-15+/t24-,26-,27-,28-,30-/m0/s1. The number of carbonyl (C=O) groups is 1. The summed E-state index contributed by atoms with van der Waals surface area (Å²) in [5, 5.41) is 10.5. The van der Waals surface area contributed by atoms with Gasteiger partial charge < -0.3 is 19.3 Å². The first-order chi connectivity index (χ1) is 17.5. The van der Waals surface area contributed by atoms with Crippen LogP contribution in [0.3, 0.4) is 0 Å². The Bertz CT molecular complexity index is 1040. The van der Waals surface area contributed by atoms with Crippen LogP contribution >= 0.6 is 0 Å². The summed E-state index contributed by atoms with van der Waals surface area (Å²) in [5.41, 5.74) is 1.24. The van der Waals surface area contributed by atoms with Gasteiger partial charge in [-0.3, -0.25) is 4.79 Å². The Balaban J connectivity index is 1.42. The van der Waals surface area contributed by atoms with Crippen LogP contribution in [0.1, 0.15) is 37.7 Å². The first-order valence-corrected chi connectivity index (χ1v) is 12.7. The van der Waals surface area contributed by atoms with Crippen LogP contribution in [0.2, 0.25) is 0 Å². The van der Waals surface area contributed by atoms with Crippen molar-refractivity contribution in [1.29, 1.82) is 0 Å². The van der Waals surface area contributed by atoms with E-state index in [0.717, 1.165) is 25.7 Å². The van der Waals surface area contributed by atoms with Gasteiger partial charge in [-0.25, -0.2) is 4.39 Å². The van der Waals surface area contributed by atoms with Crippen molar-refractivity contribution in [2.75, 3.05) is 20.3 Å². The van der Waals surface area contributed by atoms with E-state index in [9.17, 15) is 14.3 Å². The number of methoxy groups -OCH3 is 1. The van der Waals surface area contributed by atoms with Gasteiger partial charge in [0.05, 0.1) is 19.8 Å². The van der Waals surface area contributed by atoms with E-state index in [4.69, 9.17) is 14.2 Å². The Hall–Kier alpha value is -2.96. The lowest BCUT2D eigenvalue weighted by Gasteiger charge is -2.38. The Kier molecular flexibility index (Phi) is 8.94. The number of hydrogen-bond donors (Lipinski definition) is 1. The van der Waals surface area contributed by atoms with Gasteiger partial charge in [-0.2, -0.15) is 0 Å². The number of esters is 1. The molecule has 1 saturated carbocycles. The van der Waals surface area contributed by atoms with Gasteiger partial charge in [-0.15, -0.1) is 0 Å². The molecule has 6 heteroatoms. The quantitative estimate of drug-likeness (QED) is 0.244. The normalized spacial score (nSPS) is 26.0. The molecule has 0 unspecified atom stereocenters. The number of allylic oxidation sites excluding steroid dienone is 2. The van der Waals surface area contributed by atoms with Crippen molar-refractivity contribution in [3.8, 4) is 5.75 Å². The molecular formula is C30H35FO5. The Morgan fingerprint density at radius 3 is 2.72 bits per heavy atom. The summed E-state index contributed by atoms with van der Waals surface area (Å²) in [7, 11) is 1.41. The fourth-order valence-corrected chi connectivity index (χ4v) is 5.54. The lowest BCUT2D eigenvalue weighted by molar-refractivity contribution is -0.140. The fourth-order valence-electron chi connectivity index (χ4n) is 5.54. The molecule has 1 aliphatic carbocycles. The molecule has 0 amide bonds. The highest BCUT2D eigenvalue weighted by atomic mass is 19.1. The average molecular weight is 495 g/mol. The van der Waals surface area contributed by atoms with Crippen LogP contribution in [0.25, 0.3) is 0 Å². The zero-order valence-corrected chi connectivity index (χ0v) is 20.7. The largest absolute Gasteiger partial charge is 0.491 e. The molecule has 2 bridgehead atoms. The molecule has 1 N–H and O–H groups in total. The number of ether oxygens (including phenoxy) is 3. The Morgan fingerprint density at radius 2 is 1.97 bits per heavy atom. The highest BCUT2D eigenvalue weighted by Gasteiger charge is 2.58. The summed E-state index contributed by atoms with van der Waals surface area (Å²) in [6, 6.07) is 16.3. The summed E-state index contributed by atoms with van der Waals surface area (Å²) in [5.74, 6) is 0.514. The minimum absolute atomic E-state index is 0.0626. The predicted molar refractivity (Wildman–Crippen MR) is 136 cm³/mol. The van der Waals surface area contributed by atoms with Gasteiger partial charge in [0, 0.05) is 17.8 Å². The molecule has 2 aromatic carbocycles. The van der Waals surface area contributed by atoms with E-state index in [1.807, 2.05) is 6.07 Å². The fraction of sp³-hybridized carbons (Fsp3) is 0.433. The second-order valence-corrected chi connectivity index (χ2v) is 9.65. The molecule has 1 aliphatic heterocycles. The van der Waals surface area contributed by atoms with Crippen molar-refractivity contribution in [3.63, 3.8) is 0 Å². The molecule has 4 rings (SSSR count). The number of aliphatic hydroxyl groups is 1. The van der Waals surface area contributed by atoms with Crippen LogP contribution in [0.4, 0.5) is 4.39 Å². The number of rotatable bonds is 12. The summed E-state index contributed by atoms with van der Waals surface area (Å²) in [6.07, 6.45) is 11.5. The van der Waals surface area contributed by atoms with Gasteiger partial charge in [0.15, 0.2) is 0 Å². The maximum absolute atomic E-state index is 13.1. The summed E-state index contributed by atoms with van der Waals surface area (Å²) >= 11 is 0. The highest BCUT2D eigenvalue weighted by molar-refractivity contribution is 5.69. The smallest absolute Gasteiger partial charge is 0.305 e. The molecule has 2 aliphatic rings. The molecule has 5 atom stereocenters. The van der Waals surface area contributed by atoms with Crippen molar-refractivity contribution in [1.82, 2.24) is 0 Å². The molecule has 1 heterocycles. The number of benzene rings is 2. The summed E-state index contributed by atoms with van der Waals surface area (Å²) < 4.78 is 29.6. The van der Waals surface area contributed by atoms with Crippen molar-refractivity contribution in [2.24, 2.45) is 11.8 Å². The monoisotopic (exact) mass is 494 g/mol. The van der Waals surface area contributed by atoms with E-state index in [1.165, 1.54) is 24.8 Å². The first kappa shape index (κ1) is 26.1. The molecule has 0 spiro atoms. The van der Waals surface area contributed by atoms with Crippen molar-refractivity contribution < 1.29 is 28.5 Å². The molecule has 5 nitrogen and oxygen atoms in total. The third kappa shape index (κ3) is 6.23. The van der Waals surface area contributed by atoms with Crippen LogP contribution in [0.5, 0.6) is 5.75 Å². The number of aliphatic hydroxyl groups excluding tert-OH is 1. The van der Waals surface area contributed by atoms with E-state index in [1.54, 1.807) is 18.2 Å². The van der Waals surface area contributed by atoms with E-state index in [2.05, 4.69) is 42.5 Å². The Morgan fingerprint density at radius 1 is 1.19 bits per heavy atom. The van der Waals surface area contributed by atoms with Crippen LogP contribution < -0.4 is 4.74 Å². The lowest BCUT2D eigenvalue weighted by atomic mass is 9.69. The molecular weight excluding hydrogens is 459 g/mol. The van der Waals surface area contributed by atoms with Gasteiger partial charge >= 0.3 is 5.97 Å². The number of hydrogen-bond acceptors (Lipinski definition) is 5. The number of unbranched alkanes of at least 4 members (excludes halogenated alkanes) is 1. The molecule has 192 valence electrons. The van der Waals surface area contributed by atoms with Crippen LogP contribution in [0.15, 0.2) is 78.9 Å². The van der Waals surface area contributed by atoms with E-state index in [-0.39, 0.29) is 35.8 Å². The predicted octanol–water partition coefficient (Wildman–Crippen LogP) is 5.38. The summed E-state index contributed by atoms with van der Waals surface area (Å²) in [4.78, 5) is 11.3. The maximum Gasteiger partial charge on any atom is 0.305 e. The van der Waals surface area contributed by atoms with Gasteiger partial charge in [0.1, 0.15) is 24.3 Å². The van der Waals surface area contributed by atoms with Crippen molar-refractivity contribution >= 4 is 5.97 Å². The molecule has 0 radical (unpaired) electrons. The van der Waals surface area contributed by atoms with Crippen LogP contribution in [-0.4, -0.2) is 43.6 Å². The minimum Gasteiger partial charge on any atom is -0.491 e. The number of carbonyl (C=O) groups excluding carboxylic acids is 1. The molecule has 1 saturated heterocycles. The Labute approximate surface area is 212 Å². The summed E-state index contributed by atoms with van der Waals surface area (Å²) in [6.45, 7) is 0.790. The zero-order chi connectivity index (χ0) is 25.4. The molecule has 0 aromatic heterocycles. The van der Waals surface area contributed by atoms with Crippen molar-refractivity contribution in [3.05, 3.63) is 90.3 Å². The third-order valence-electron chi connectivity index (χ3n) is 7.40. The van der Waals surface area contributed by atoms with Gasteiger partial charge in [0.2, 0.25) is 0 Å². The van der Waals surface area contributed by atoms with Crippen LogP contribution in [0, 0.1) is 17.7 Å². The minimum atomic E-state index is -0.781. The van der Waals surface area contributed by atoms with E-state index in [0.29, 0.717) is 24.7 Å². The third-order valence-corrected chi connectivity index (χ3v) is 7.40. The van der Waals surface area contributed by atoms with Gasteiger partial charge in [-0.05, 0) is 61.4 Å². The lowest BCUT2D eigenvalue weighted by Crippen LogP contribution is -2.39. The average Bonchev–Trinajstić information content (AvgIpc) is 3.47. The topological polar surface area (TPSA) is 65.0 Å². The number of halogens is 1. The van der Waals surface area contributed by atoms with Gasteiger partial charge in [-0.1, -0.05) is 54.6 Å². The van der Waals surface area contributed by atoms with Gasteiger partial charge in [0.25, 0.3) is 0 Å². The second kappa shape index (κ2) is 12.3. The molecule has 36 heavy (non-hydrogen) atoms. The maximum atomic E-state index is 13.1.